The molecule has 0 fully saturated rings. The Kier molecular flexibility index (Phi) is 7.26. The Morgan fingerprint density at radius 3 is 2.45 bits per heavy atom. The van der Waals surface area contributed by atoms with Crippen molar-refractivity contribution in [2.45, 2.75) is 47.5 Å². The van der Waals surface area contributed by atoms with Crippen molar-refractivity contribution in [2.75, 3.05) is 0 Å². The van der Waals surface area contributed by atoms with E-state index >= 15 is 0 Å². The second-order valence-electron chi connectivity index (χ2n) is 4.66. The molecule has 0 radical (unpaired) electrons. The highest BCUT2D eigenvalue weighted by atomic mass is 35.5. The van der Waals surface area contributed by atoms with E-state index in [2.05, 4.69) is 11.1 Å². The molecule has 2 aromatic rings. The van der Waals surface area contributed by atoms with Crippen LogP contribution in [0.1, 0.15) is 55.6 Å². The monoisotopic (exact) mass is 316 g/mol. The minimum atomic E-state index is 0.486. The first-order chi connectivity index (χ1) is 10.7. The molecule has 1 aliphatic rings. The van der Waals surface area contributed by atoms with Crippen molar-refractivity contribution >= 4 is 17.3 Å². The van der Waals surface area contributed by atoms with Gasteiger partial charge in [0.15, 0.2) is 0 Å². The Hall–Kier alpha value is -1.67. The van der Waals surface area contributed by atoms with Gasteiger partial charge in [0, 0.05) is 16.8 Å². The molecule has 0 saturated carbocycles. The molecule has 0 atom stereocenters. The van der Waals surface area contributed by atoms with Gasteiger partial charge in [-0.25, -0.2) is 0 Å². The van der Waals surface area contributed by atoms with Gasteiger partial charge in [0.25, 0.3) is 0 Å². The highest BCUT2D eigenvalue weighted by molar-refractivity contribution is 6.32. The Morgan fingerprint density at radius 1 is 1.09 bits per heavy atom. The first-order valence-corrected chi connectivity index (χ1v) is 8.37. The summed E-state index contributed by atoms with van der Waals surface area (Å²) in [6.45, 7) is 10.0. The molecule has 3 rings (SSSR count). The van der Waals surface area contributed by atoms with Crippen LogP contribution in [0.15, 0.2) is 30.5 Å². The predicted octanol–water partition coefficient (Wildman–Crippen LogP) is 5.61. The van der Waals surface area contributed by atoms with Gasteiger partial charge in [0.2, 0.25) is 0 Å². The van der Waals surface area contributed by atoms with E-state index in [4.69, 9.17) is 17.0 Å². The van der Waals surface area contributed by atoms with Crippen molar-refractivity contribution < 1.29 is 0 Å². The van der Waals surface area contributed by atoms with Crippen LogP contribution < -0.4 is 0 Å². The average molecular weight is 317 g/mol. The lowest BCUT2D eigenvalue weighted by atomic mass is 10.0. The van der Waals surface area contributed by atoms with Gasteiger partial charge in [-0.1, -0.05) is 57.5 Å². The molecule has 0 saturated heterocycles. The van der Waals surface area contributed by atoms with Crippen LogP contribution in [0.25, 0.3) is 0 Å². The van der Waals surface area contributed by atoms with E-state index in [9.17, 15) is 0 Å². The number of halogens is 1. The number of nitrogens with zero attached hydrogens (tertiary/aromatic N) is 1. The molecule has 0 unspecified atom stereocenters. The molecule has 0 bridgehead atoms. The fourth-order valence-electron chi connectivity index (χ4n) is 2.48. The minimum absolute atomic E-state index is 0.486. The van der Waals surface area contributed by atoms with Crippen LogP contribution in [-0.4, -0.2) is 10.7 Å². The number of benzene rings is 1. The first kappa shape index (κ1) is 18.4. The molecular formula is C19H25ClN2. The number of hydrogen-bond acceptors (Lipinski definition) is 2. The average Bonchev–Trinajstić information content (AvgIpc) is 2.70. The summed E-state index contributed by atoms with van der Waals surface area (Å²) in [5, 5.41) is 9.09. The normalized spacial score (nSPS) is 11.8. The largest absolute Gasteiger partial charge is 0.298 e. The van der Waals surface area contributed by atoms with Gasteiger partial charge in [0.1, 0.15) is 0 Å². The van der Waals surface area contributed by atoms with Gasteiger partial charge in [0.05, 0.1) is 11.4 Å². The van der Waals surface area contributed by atoms with Gasteiger partial charge in [-0.2, -0.15) is 0 Å². The Labute approximate surface area is 139 Å². The summed E-state index contributed by atoms with van der Waals surface area (Å²) in [6.07, 6.45) is 3.58. The topological polar surface area (TPSA) is 36.7 Å². The van der Waals surface area contributed by atoms with E-state index in [1.807, 2.05) is 59.0 Å². The number of rotatable bonds is 0. The molecule has 0 spiro atoms. The third-order valence-corrected chi connectivity index (χ3v) is 3.73. The lowest BCUT2D eigenvalue weighted by molar-refractivity contribution is 0.952. The van der Waals surface area contributed by atoms with Crippen molar-refractivity contribution in [2.24, 2.45) is 0 Å². The number of aryl methyl sites for hydroxylation is 2. The molecule has 22 heavy (non-hydrogen) atoms. The number of fused-ring (bicyclic) bond motifs is 2. The summed E-state index contributed by atoms with van der Waals surface area (Å²) in [4.78, 5) is 4.42. The number of hydrogen-bond donors (Lipinski definition) is 1. The molecule has 1 heterocycles. The molecule has 2 nitrogen and oxygen atoms in total. The maximum Gasteiger partial charge on any atom is 0.0917 e. The Bertz CT molecular complexity index is 648. The van der Waals surface area contributed by atoms with E-state index in [1.54, 1.807) is 0 Å². The van der Waals surface area contributed by atoms with Gasteiger partial charge < -0.3 is 0 Å². The van der Waals surface area contributed by atoms with E-state index in [0.29, 0.717) is 5.71 Å². The second-order valence-corrected chi connectivity index (χ2v) is 5.07. The fourth-order valence-corrected chi connectivity index (χ4v) is 2.75. The van der Waals surface area contributed by atoms with Crippen LogP contribution in [0.5, 0.6) is 0 Å². The molecule has 3 heteroatoms. The molecule has 0 aliphatic heterocycles. The first-order valence-electron chi connectivity index (χ1n) is 7.99. The molecular weight excluding hydrogens is 292 g/mol. The Morgan fingerprint density at radius 2 is 1.77 bits per heavy atom. The smallest absolute Gasteiger partial charge is 0.0917 e. The summed E-state index contributed by atoms with van der Waals surface area (Å²) < 4.78 is 0. The SMILES string of the molecule is CC.CC.Cc1cnc2c(c1)CCc1c(Cl)cccc1C2=N. The summed E-state index contributed by atoms with van der Waals surface area (Å²) in [6, 6.07) is 7.87. The summed E-state index contributed by atoms with van der Waals surface area (Å²) >= 11 is 6.24. The van der Waals surface area contributed by atoms with Crippen molar-refractivity contribution in [1.82, 2.24) is 4.98 Å². The predicted molar refractivity (Wildman–Crippen MR) is 96.5 cm³/mol. The molecule has 1 aromatic carbocycles. The zero-order valence-electron chi connectivity index (χ0n) is 14.1. The van der Waals surface area contributed by atoms with Gasteiger partial charge >= 0.3 is 0 Å². The third-order valence-electron chi connectivity index (χ3n) is 3.37. The molecule has 1 N–H and O–H groups in total. The van der Waals surface area contributed by atoms with Crippen LogP contribution in [0.3, 0.4) is 0 Å². The Balaban J connectivity index is 0.000000561. The summed E-state index contributed by atoms with van der Waals surface area (Å²) in [5.41, 5.74) is 5.55. The summed E-state index contributed by atoms with van der Waals surface area (Å²) in [5.74, 6) is 0. The quantitative estimate of drug-likeness (QED) is 0.673. The number of nitrogens with one attached hydrogen (secondary N) is 1. The van der Waals surface area contributed by atoms with Gasteiger partial charge in [-0.15, -0.1) is 0 Å². The lowest BCUT2D eigenvalue weighted by Crippen LogP contribution is -2.07. The van der Waals surface area contributed by atoms with Crippen molar-refractivity contribution in [3.05, 3.63) is 63.4 Å². The fraction of sp³-hybridized carbons (Fsp3) is 0.368. The highest BCUT2D eigenvalue weighted by Gasteiger charge is 2.20. The number of pyridine rings is 1. The number of aromatic nitrogens is 1. The standard InChI is InChI=1S/C15H13ClN2.2C2H6/c1-9-7-10-5-6-11-12(3-2-4-13(11)16)14(17)15(10)18-8-9;2*1-2/h2-4,7-8,17H,5-6H2,1H3;2*1-2H3. The van der Waals surface area contributed by atoms with E-state index < -0.39 is 0 Å². The van der Waals surface area contributed by atoms with Crippen LogP contribution in [0.4, 0.5) is 0 Å². The molecule has 1 aromatic heterocycles. The zero-order valence-corrected chi connectivity index (χ0v) is 14.9. The third kappa shape index (κ3) is 3.75. The second kappa shape index (κ2) is 8.70. The summed E-state index contributed by atoms with van der Waals surface area (Å²) in [7, 11) is 0. The zero-order chi connectivity index (χ0) is 16.7. The molecule has 0 amide bonds. The van der Waals surface area contributed by atoms with E-state index in [1.165, 1.54) is 0 Å². The minimum Gasteiger partial charge on any atom is -0.298 e. The van der Waals surface area contributed by atoms with Crippen LogP contribution in [0.2, 0.25) is 5.02 Å². The van der Waals surface area contributed by atoms with Crippen LogP contribution in [0, 0.1) is 12.3 Å². The van der Waals surface area contributed by atoms with E-state index in [0.717, 1.165) is 45.8 Å². The van der Waals surface area contributed by atoms with Crippen LogP contribution >= 0.6 is 11.6 Å². The molecule has 1 aliphatic carbocycles. The molecule has 118 valence electrons. The van der Waals surface area contributed by atoms with Gasteiger partial charge in [-0.3, -0.25) is 10.4 Å². The van der Waals surface area contributed by atoms with Crippen molar-refractivity contribution in [1.29, 1.82) is 5.41 Å². The highest BCUT2D eigenvalue weighted by Crippen LogP contribution is 2.28. The van der Waals surface area contributed by atoms with Crippen molar-refractivity contribution in [3.63, 3.8) is 0 Å². The maximum absolute atomic E-state index is 8.34. The van der Waals surface area contributed by atoms with E-state index in [-0.39, 0.29) is 0 Å². The van der Waals surface area contributed by atoms with Gasteiger partial charge in [-0.05, 0) is 42.5 Å². The maximum atomic E-state index is 8.34. The lowest BCUT2D eigenvalue weighted by Gasteiger charge is -2.08. The van der Waals surface area contributed by atoms with Crippen LogP contribution in [-0.2, 0) is 12.8 Å². The van der Waals surface area contributed by atoms with Crippen molar-refractivity contribution in [3.8, 4) is 0 Å².